The minimum atomic E-state index is -4.35. The first-order valence-corrected chi connectivity index (χ1v) is 6.76. The lowest BCUT2D eigenvalue weighted by Crippen LogP contribution is -2.33. The topological polar surface area (TPSA) is 25.2 Å². The van der Waals surface area contributed by atoms with Gasteiger partial charge >= 0.3 is 6.18 Å². The van der Waals surface area contributed by atoms with Gasteiger partial charge in [-0.1, -0.05) is 13.0 Å². The molecular formula is C15H17ClF3NO. The third-order valence-electron chi connectivity index (χ3n) is 4.14. The van der Waals surface area contributed by atoms with Crippen LogP contribution in [0.25, 0.3) is 11.0 Å². The van der Waals surface area contributed by atoms with E-state index in [1.807, 2.05) is 0 Å². The molecule has 1 N–H and O–H groups in total. The van der Waals surface area contributed by atoms with Crippen LogP contribution < -0.4 is 5.32 Å². The van der Waals surface area contributed by atoms with Crippen molar-refractivity contribution in [3.05, 3.63) is 35.6 Å². The van der Waals surface area contributed by atoms with Gasteiger partial charge in [-0.3, -0.25) is 0 Å². The molecule has 0 aliphatic carbocycles. The van der Waals surface area contributed by atoms with Crippen molar-refractivity contribution in [2.45, 2.75) is 25.4 Å². The van der Waals surface area contributed by atoms with Gasteiger partial charge in [0, 0.05) is 5.39 Å². The molecule has 1 aromatic heterocycles. The molecule has 3 rings (SSSR count). The molecule has 2 heterocycles. The predicted molar refractivity (Wildman–Crippen MR) is 77.9 cm³/mol. The van der Waals surface area contributed by atoms with Crippen molar-refractivity contribution in [2.24, 2.45) is 5.92 Å². The average molecular weight is 320 g/mol. The van der Waals surface area contributed by atoms with Gasteiger partial charge in [0.05, 0.1) is 11.8 Å². The third-order valence-corrected chi connectivity index (χ3v) is 4.14. The van der Waals surface area contributed by atoms with Gasteiger partial charge in [0.15, 0.2) is 0 Å². The maximum absolute atomic E-state index is 13.0. The monoisotopic (exact) mass is 319 g/mol. The lowest BCUT2D eigenvalue weighted by Gasteiger charge is -2.30. The molecule has 21 heavy (non-hydrogen) atoms. The number of rotatable bonds is 1. The van der Waals surface area contributed by atoms with Crippen LogP contribution in [0.3, 0.4) is 0 Å². The number of halogens is 4. The highest BCUT2D eigenvalue weighted by atomic mass is 35.5. The largest absolute Gasteiger partial charge is 0.464 e. The zero-order valence-electron chi connectivity index (χ0n) is 11.5. The van der Waals surface area contributed by atoms with Crippen LogP contribution in [0.2, 0.25) is 0 Å². The van der Waals surface area contributed by atoms with Crippen molar-refractivity contribution in [2.75, 3.05) is 13.1 Å². The highest BCUT2D eigenvalue weighted by molar-refractivity contribution is 5.85. The van der Waals surface area contributed by atoms with Crippen molar-refractivity contribution in [1.82, 2.24) is 5.32 Å². The molecule has 1 aliphatic heterocycles. The molecule has 0 saturated carbocycles. The fourth-order valence-corrected chi connectivity index (χ4v) is 3.10. The van der Waals surface area contributed by atoms with Crippen LogP contribution in [0, 0.1) is 5.92 Å². The van der Waals surface area contributed by atoms with E-state index in [1.54, 1.807) is 6.07 Å². The summed E-state index contributed by atoms with van der Waals surface area (Å²) in [6.07, 6.45) is -2.09. The number of hydrogen-bond donors (Lipinski definition) is 1. The summed E-state index contributed by atoms with van der Waals surface area (Å²) in [4.78, 5) is 0. The molecule has 1 saturated heterocycles. The number of nitrogens with one attached hydrogen (secondary N) is 1. The molecule has 1 aliphatic rings. The minimum absolute atomic E-state index is 0. The van der Waals surface area contributed by atoms with Gasteiger partial charge in [-0.25, -0.2) is 0 Å². The molecule has 116 valence electrons. The highest BCUT2D eigenvalue weighted by Crippen LogP contribution is 2.40. The van der Waals surface area contributed by atoms with Crippen LogP contribution in [0.4, 0.5) is 13.2 Å². The quantitative estimate of drug-likeness (QED) is 0.832. The van der Waals surface area contributed by atoms with E-state index >= 15 is 0 Å². The Balaban J connectivity index is 0.00000161. The van der Waals surface area contributed by atoms with E-state index in [0.29, 0.717) is 11.5 Å². The van der Waals surface area contributed by atoms with Crippen molar-refractivity contribution in [3.63, 3.8) is 0 Å². The van der Waals surface area contributed by atoms with E-state index < -0.39 is 11.7 Å². The first kappa shape index (κ1) is 16.2. The van der Waals surface area contributed by atoms with Crippen molar-refractivity contribution in [3.8, 4) is 0 Å². The van der Waals surface area contributed by atoms with E-state index in [2.05, 4.69) is 12.2 Å². The van der Waals surface area contributed by atoms with Crippen LogP contribution in [0.1, 0.15) is 30.4 Å². The number of hydrogen-bond acceptors (Lipinski definition) is 2. The fourth-order valence-electron chi connectivity index (χ4n) is 3.10. The summed E-state index contributed by atoms with van der Waals surface area (Å²) < 4.78 is 44.3. The lowest BCUT2D eigenvalue weighted by atomic mass is 9.81. The second kappa shape index (κ2) is 5.89. The zero-order valence-corrected chi connectivity index (χ0v) is 12.4. The lowest BCUT2D eigenvalue weighted by molar-refractivity contribution is -0.136. The summed E-state index contributed by atoms with van der Waals surface area (Å²) in [5.74, 6) is 0.626. The van der Waals surface area contributed by atoms with Gasteiger partial charge in [-0.05, 0) is 49.0 Å². The van der Waals surface area contributed by atoms with Gasteiger partial charge < -0.3 is 9.73 Å². The molecule has 2 atom stereocenters. The number of fused-ring (bicyclic) bond motifs is 1. The van der Waals surface area contributed by atoms with Crippen LogP contribution >= 0.6 is 12.4 Å². The second-order valence-electron chi connectivity index (χ2n) is 5.44. The Hall–Kier alpha value is -1.20. The van der Waals surface area contributed by atoms with Gasteiger partial charge in [0.2, 0.25) is 0 Å². The number of furan rings is 1. The second-order valence-corrected chi connectivity index (χ2v) is 5.44. The Kier molecular flexibility index (Phi) is 4.54. The summed E-state index contributed by atoms with van der Waals surface area (Å²) in [5, 5.41) is 3.47. The Morgan fingerprint density at radius 2 is 2.00 bits per heavy atom. The molecule has 0 bridgehead atoms. The van der Waals surface area contributed by atoms with Crippen molar-refractivity contribution in [1.29, 1.82) is 0 Å². The molecule has 0 radical (unpaired) electrons. The van der Waals surface area contributed by atoms with Crippen LogP contribution in [-0.4, -0.2) is 13.1 Å². The van der Waals surface area contributed by atoms with Gasteiger partial charge in [-0.15, -0.1) is 12.4 Å². The Morgan fingerprint density at radius 3 is 2.67 bits per heavy atom. The zero-order chi connectivity index (χ0) is 14.3. The van der Waals surface area contributed by atoms with Gasteiger partial charge in [0.1, 0.15) is 5.58 Å². The molecule has 2 nitrogen and oxygen atoms in total. The van der Waals surface area contributed by atoms with E-state index in [9.17, 15) is 13.2 Å². The van der Waals surface area contributed by atoms with Crippen LogP contribution in [0.5, 0.6) is 0 Å². The maximum atomic E-state index is 13.0. The summed E-state index contributed by atoms with van der Waals surface area (Å²) >= 11 is 0. The molecule has 0 spiro atoms. The average Bonchev–Trinajstić information content (AvgIpc) is 2.86. The van der Waals surface area contributed by atoms with E-state index in [1.165, 1.54) is 18.4 Å². The number of piperidine rings is 1. The molecule has 1 aromatic carbocycles. The van der Waals surface area contributed by atoms with Gasteiger partial charge in [-0.2, -0.15) is 13.2 Å². The molecule has 0 amide bonds. The Bertz CT molecular complexity index is 623. The molecular weight excluding hydrogens is 303 g/mol. The Labute approximate surface area is 127 Å². The van der Waals surface area contributed by atoms with Crippen LogP contribution in [-0.2, 0) is 6.18 Å². The van der Waals surface area contributed by atoms with Crippen LogP contribution in [0.15, 0.2) is 28.9 Å². The predicted octanol–water partition coefficient (Wildman–Crippen LogP) is 4.59. The van der Waals surface area contributed by atoms with Crippen molar-refractivity contribution < 1.29 is 17.6 Å². The van der Waals surface area contributed by atoms with E-state index in [0.717, 1.165) is 25.1 Å². The first-order chi connectivity index (χ1) is 9.48. The molecule has 2 aromatic rings. The summed E-state index contributed by atoms with van der Waals surface area (Å²) in [6, 6.07) is 4.18. The SMILES string of the molecule is C[C@@H]1CNCC[C@@H]1c1ccc(C(F)(F)F)c2ccoc12.Cl. The standard InChI is InChI=1S/C15H16F3NO.ClH/c1-9-8-19-6-4-10(9)11-2-3-13(15(16,17)18)12-5-7-20-14(11)12;/h2-3,5,7,9-10,19H,4,6,8H2,1H3;1H/t9-,10+;/m1./s1. The number of alkyl halides is 3. The first-order valence-electron chi connectivity index (χ1n) is 6.76. The maximum Gasteiger partial charge on any atom is 0.417 e. The normalized spacial score (nSPS) is 23.0. The molecule has 1 fully saturated rings. The van der Waals surface area contributed by atoms with Crippen molar-refractivity contribution >= 4 is 23.4 Å². The minimum Gasteiger partial charge on any atom is -0.464 e. The molecule has 6 heteroatoms. The summed E-state index contributed by atoms with van der Waals surface area (Å²) in [5.41, 5.74) is 0.664. The summed E-state index contributed by atoms with van der Waals surface area (Å²) in [7, 11) is 0. The third kappa shape index (κ3) is 2.90. The molecule has 0 unspecified atom stereocenters. The Morgan fingerprint density at radius 1 is 1.24 bits per heavy atom. The van der Waals surface area contributed by atoms with E-state index in [-0.39, 0.29) is 23.7 Å². The number of benzene rings is 1. The van der Waals surface area contributed by atoms with E-state index in [4.69, 9.17) is 4.42 Å². The van der Waals surface area contributed by atoms with Gasteiger partial charge in [0.25, 0.3) is 0 Å². The smallest absolute Gasteiger partial charge is 0.417 e. The summed E-state index contributed by atoms with van der Waals surface area (Å²) in [6.45, 7) is 3.88. The fraction of sp³-hybridized carbons (Fsp3) is 0.467. The highest BCUT2D eigenvalue weighted by Gasteiger charge is 2.35.